The lowest BCUT2D eigenvalue weighted by molar-refractivity contribution is -0.149. The monoisotopic (exact) mass is 454 g/mol. The average Bonchev–Trinajstić information content (AvgIpc) is 2.87. The van der Waals surface area contributed by atoms with Gasteiger partial charge in [-0.15, -0.1) is 0 Å². The van der Waals surface area contributed by atoms with Crippen LogP contribution in [0.4, 0.5) is 0 Å². The van der Waals surface area contributed by atoms with Crippen molar-refractivity contribution >= 4 is 33.6 Å². The Morgan fingerprint density at radius 3 is 2.35 bits per heavy atom. The van der Waals surface area contributed by atoms with Crippen molar-refractivity contribution in [2.75, 3.05) is 26.9 Å². The number of benzene rings is 4. The fraction of sp³-hybridized carbons (Fsp3) is 0.233. The molecular formula is C30H30O4. The molecule has 0 saturated heterocycles. The second kappa shape index (κ2) is 11.5. The number of esters is 1. The van der Waals surface area contributed by atoms with Gasteiger partial charge in [0.2, 0.25) is 0 Å². The van der Waals surface area contributed by atoms with Crippen molar-refractivity contribution in [3.8, 4) is 5.75 Å². The van der Waals surface area contributed by atoms with Gasteiger partial charge >= 0.3 is 5.97 Å². The van der Waals surface area contributed by atoms with E-state index in [1.54, 1.807) is 7.11 Å². The summed E-state index contributed by atoms with van der Waals surface area (Å²) in [5.41, 5.74) is 2.22. The SMILES string of the molecule is CCOC(=O)C(COC)Cc1ccc(OCC=Cc2cc3ccccc3c3ccccc23)cc1. The molecule has 4 rings (SSSR count). The van der Waals surface area contributed by atoms with Crippen LogP contribution in [-0.4, -0.2) is 32.9 Å². The molecule has 0 aliphatic carbocycles. The van der Waals surface area contributed by atoms with Gasteiger partial charge in [0, 0.05) is 7.11 Å². The summed E-state index contributed by atoms with van der Waals surface area (Å²) in [6.45, 7) is 2.99. The molecule has 174 valence electrons. The zero-order chi connectivity index (χ0) is 23.8. The highest BCUT2D eigenvalue weighted by Crippen LogP contribution is 2.29. The Morgan fingerprint density at radius 2 is 1.62 bits per heavy atom. The van der Waals surface area contributed by atoms with Gasteiger partial charge in [0.25, 0.3) is 0 Å². The number of methoxy groups -OCH3 is 1. The number of carbonyl (C=O) groups excluding carboxylic acids is 1. The van der Waals surface area contributed by atoms with E-state index in [1.807, 2.05) is 37.3 Å². The second-order valence-corrected chi connectivity index (χ2v) is 8.20. The molecule has 34 heavy (non-hydrogen) atoms. The van der Waals surface area contributed by atoms with Crippen molar-refractivity contribution in [3.63, 3.8) is 0 Å². The molecule has 4 aromatic carbocycles. The van der Waals surface area contributed by atoms with Crippen LogP contribution in [0.3, 0.4) is 0 Å². The lowest BCUT2D eigenvalue weighted by Gasteiger charge is -2.15. The smallest absolute Gasteiger partial charge is 0.311 e. The first kappa shape index (κ1) is 23.5. The van der Waals surface area contributed by atoms with Crippen LogP contribution in [-0.2, 0) is 20.7 Å². The van der Waals surface area contributed by atoms with Gasteiger partial charge in [-0.2, -0.15) is 0 Å². The normalized spacial score (nSPS) is 12.3. The van der Waals surface area contributed by atoms with Crippen LogP contribution in [0.15, 0.2) is 84.9 Å². The summed E-state index contributed by atoms with van der Waals surface area (Å²) in [5.74, 6) is 0.253. The van der Waals surface area contributed by atoms with Gasteiger partial charge in [-0.25, -0.2) is 0 Å². The maximum atomic E-state index is 12.1. The maximum Gasteiger partial charge on any atom is 0.311 e. The third-order valence-corrected chi connectivity index (χ3v) is 5.84. The Kier molecular flexibility index (Phi) is 7.95. The van der Waals surface area contributed by atoms with Crippen molar-refractivity contribution in [1.29, 1.82) is 0 Å². The van der Waals surface area contributed by atoms with Crippen molar-refractivity contribution in [2.45, 2.75) is 13.3 Å². The summed E-state index contributed by atoms with van der Waals surface area (Å²) in [4.78, 5) is 12.1. The second-order valence-electron chi connectivity index (χ2n) is 8.20. The minimum absolute atomic E-state index is 0.226. The zero-order valence-corrected chi connectivity index (χ0v) is 19.7. The maximum absolute atomic E-state index is 12.1. The van der Waals surface area contributed by atoms with Crippen molar-refractivity contribution < 1.29 is 19.0 Å². The Hall–Kier alpha value is -3.63. The van der Waals surface area contributed by atoms with Crippen molar-refractivity contribution in [2.24, 2.45) is 5.92 Å². The number of fused-ring (bicyclic) bond motifs is 3. The molecule has 0 aliphatic rings. The molecular weight excluding hydrogens is 424 g/mol. The molecule has 0 radical (unpaired) electrons. The van der Waals surface area contributed by atoms with E-state index >= 15 is 0 Å². The first-order chi connectivity index (χ1) is 16.7. The highest BCUT2D eigenvalue weighted by Gasteiger charge is 2.20. The highest BCUT2D eigenvalue weighted by atomic mass is 16.5. The molecule has 0 spiro atoms. The number of hydrogen-bond acceptors (Lipinski definition) is 4. The highest BCUT2D eigenvalue weighted by molar-refractivity contribution is 6.10. The topological polar surface area (TPSA) is 44.8 Å². The van der Waals surface area contributed by atoms with Crippen LogP contribution < -0.4 is 4.74 Å². The average molecular weight is 455 g/mol. The van der Waals surface area contributed by atoms with Gasteiger partial charge in [0.05, 0.1) is 19.1 Å². The summed E-state index contributed by atoms with van der Waals surface area (Å²) in [7, 11) is 1.59. The quantitative estimate of drug-likeness (QED) is 0.204. The molecule has 0 aromatic heterocycles. The fourth-order valence-electron chi connectivity index (χ4n) is 4.22. The largest absolute Gasteiger partial charge is 0.490 e. The Balaban J connectivity index is 1.40. The van der Waals surface area contributed by atoms with Gasteiger partial charge < -0.3 is 14.2 Å². The Bertz CT molecular complexity index is 1270. The van der Waals surface area contributed by atoms with Gasteiger partial charge in [-0.05, 0) is 70.3 Å². The lowest BCUT2D eigenvalue weighted by Crippen LogP contribution is -2.24. The molecule has 4 aromatic rings. The molecule has 0 bridgehead atoms. The van der Waals surface area contributed by atoms with E-state index in [9.17, 15) is 4.79 Å². The van der Waals surface area contributed by atoms with Gasteiger partial charge in [0.1, 0.15) is 12.4 Å². The minimum Gasteiger partial charge on any atom is -0.490 e. The number of hydrogen-bond donors (Lipinski definition) is 0. The summed E-state index contributed by atoms with van der Waals surface area (Å²) in [6, 6.07) is 27.0. The summed E-state index contributed by atoms with van der Waals surface area (Å²) >= 11 is 0. The fourth-order valence-corrected chi connectivity index (χ4v) is 4.22. The van der Waals surface area contributed by atoms with Crippen LogP contribution in [0, 0.1) is 5.92 Å². The third-order valence-electron chi connectivity index (χ3n) is 5.84. The summed E-state index contributed by atoms with van der Waals surface area (Å²) in [5, 5.41) is 4.98. The molecule has 0 aliphatic heterocycles. The van der Waals surface area contributed by atoms with Crippen LogP contribution in [0.25, 0.3) is 27.6 Å². The first-order valence-electron chi connectivity index (χ1n) is 11.6. The summed E-state index contributed by atoms with van der Waals surface area (Å²) < 4.78 is 16.3. The molecule has 0 saturated carbocycles. The Morgan fingerprint density at radius 1 is 0.912 bits per heavy atom. The Labute approximate surface area is 200 Å². The lowest BCUT2D eigenvalue weighted by atomic mass is 9.97. The van der Waals surface area contributed by atoms with E-state index in [0.717, 1.165) is 11.3 Å². The predicted octanol–water partition coefficient (Wildman–Crippen LogP) is 6.45. The number of carbonyl (C=O) groups is 1. The van der Waals surface area contributed by atoms with Crippen LogP contribution in [0.2, 0.25) is 0 Å². The van der Waals surface area contributed by atoms with E-state index < -0.39 is 0 Å². The van der Waals surface area contributed by atoms with E-state index in [4.69, 9.17) is 14.2 Å². The molecule has 1 unspecified atom stereocenters. The van der Waals surface area contributed by atoms with E-state index in [2.05, 4.69) is 60.7 Å². The number of rotatable bonds is 10. The van der Waals surface area contributed by atoms with Gasteiger partial charge in [0.15, 0.2) is 0 Å². The predicted molar refractivity (Wildman–Crippen MR) is 138 cm³/mol. The van der Waals surface area contributed by atoms with Crippen LogP contribution in [0.5, 0.6) is 5.75 Å². The van der Waals surface area contributed by atoms with Crippen molar-refractivity contribution in [3.05, 3.63) is 96.1 Å². The standard InChI is InChI=1S/C30H30O4/c1-3-33-30(31)25(21-32-2)19-22-14-16-26(17-15-22)34-18-8-10-24-20-23-9-4-5-11-27(23)29-13-7-6-12-28(24)29/h4-17,20,25H,3,18-19,21H2,1-2H3. The molecule has 4 heteroatoms. The molecule has 0 amide bonds. The van der Waals surface area contributed by atoms with E-state index in [0.29, 0.717) is 26.2 Å². The minimum atomic E-state index is -0.309. The van der Waals surface area contributed by atoms with E-state index in [-0.39, 0.29) is 11.9 Å². The molecule has 0 fully saturated rings. The van der Waals surface area contributed by atoms with Gasteiger partial charge in [-0.1, -0.05) is 66.7 Å². The zero-order valence-electron chi connectivity index (χ0n) is 19.7. The molecule has 0 heterocycles. The third kappa shape index (κ3) is 5.64. The van der Waals surface area contributed by atoms with Crippen LogP contribution >= 0.6 is 0 Å². The molecule has 0 N–H and O–H groups in total. The van der Waals surface area contributed by atoms with Gasteiger partial charge in [-0.3, -0.25) is 4.79 Å². The summed E-state index contributed by atoms with van der Waals surface area (Å²) in [6.07, 6.45) is 4.74. The first-order valence-corrected chi connectivity index (χ1v) is 11.6. The molecule has 1 atom stereocenters. The van der Waals surface area contributed by atoms with Crippen LogP contribution in [0.1, 0.15) is 18.1 Å². The van der Waals surface area contributed by atoms with E-state index in [1.165, 1.54) is 27.1 Å². The van der Waals surface area contributed by atoms with Crippen molar-refractivity contribution in [1.82, 2.24) is 0 Å². The number of ether oxygens (including phenoxy) is 3. The molecule has 4 nitrogen and oxygen atoms in total.